The summed E-state index contributed by atoms with van der Waals surface area (Å²) in [6.45, 7) is 9.20. The fraction of sp³-hybridized carbons (Fsp3) is 0.400. The second-order valence-corrected chi connectivity index (χ2v) is 10.1. The van der Waals surface area contributed by atoms with Crippen molar-refractivity contribution in [2.45, 2.75) is 53.4 Å². The minimum atomic E-state index is 0.548. The van der Waals surface area contributed by atoms with E-state index in [-0.39, 0.29) is 0 Å². The maximum Gasteiger partial charge on any atom is 0.0461 e. The normalized spacial score (nSPS) is 27.0. The SMILES string of the molecule is CC1=C(N(c2cccc(C)c2)c2cccc(C)c2)C2CC=CCC2C=C1CC1CC1C. The molecule has 2 aromatic rings. The van der Waals surface area contributed by atoms with Gasteiger partial charge in [-0.2, -0.15) is 0 Å². The number of aryl methyl sites for hydroxylation is 2. The van der Waals surface area contributed by atoms with Crippen LogP contribution in [-0.2, 0) is 0 Å². The molecule has 3 aliphatic rings. The Labute approximate surface area is 188 Å². The lowest BCUT2D eigenvalue weighted by molar-refractivity contribution is 0.422. The zero-order chi connectivity index (χ0) is 21.5. The summed E-state index contributed by atoms with van der Waals surface area (Å²) in [5.41, 5.74) is 9.84. The highest BCUT2D eigenvalue weighted by Crippen LogP contribution is 2.50. The van der Waals surface area contributed by atoms with Crippen LogP contribution in [0.15, 0.2) is 83.6 Å². The zero-order valence-electron chi connectivity index (χ0n) is 19.4. The monoisotopic (exact) mass is 409 g/mol. The second kappa shape index (κ2) is 8.19. The lowest BCUT2D eigenvalue weighted by Gasteiger charge is -2.41. The average Bonchev–Trinajstić information content (AvgIpc) is 3.45. The van der Waals surface area contributed by atoms with Gasteiger partial charge in [-0.05, 0) is 111 Å². The van der Waals surface area contributed by atoms with Crippen molar-refractivity contribution in [2.24, 2.45) is 23.7 Å². The Morgan fingerprint density at radius 3 is 2.06 bits per heavy atom. The molecule has 2 aromatic carbocycles. The molecule has 0 heterocycles. The topological polar surface area (TPSA) is 3.24 Å². The third-order valence-corrected chi connectivity index (χ3v) is 7.63. The highest BCUT2D eigenvalue weighted by atomic mass is 15.2. The summed E-state index contributed by atoms with van der Waals surface area (Å²) in [5, 5.41) is 0. The van der Waals surface area contributed by atoms with E-state index in [0.717, 1.165) is 18.3 Å². The molecular formula is C30H35N. The first-order valence-electron chi connectivity index (χ1n) is 12.0. The first kappa shape index (κ1) is 20.4. The van der Waals surface area contributed by atoms with Gasteiger partial charge in [0.2, 0.25) is 0 Å². The predicted octanol–water partition coefficient (Wildman–Crippen LogP) is 8.28. The Hall–Kier alpha value is -2.54. The second-order valence-electron chi connectivity index (χ2n) is 10.1. The highest BCUT2D eigenvalue weighted by Gasteiger charge is 2.38. The summed E-state index contributed by atoms with van der Waals surface area (Å²) in [4.78, 5) is 2.58. The van der Waals surface area contributed by atoms with E-state index in [2.05, 4.69) is 99.4 Å². The van der Waals surface area contributed by atoms with Gasteiger partial charge in [-0.25, -0.2) is 0 Å². The molecule has 1 saturated carbocycles. The molecule has 0 radical (unpaired) electrons. The van der Waals surface area contributed by atoms with Crippen LogP contribution in [0, 0.1) is 37.5 Å². The highest BCUT2D eigenvalue weighted by molar-refractivity contribution is 5.71. The molecular weight excluding hydrogens is 374 g/mol. The number of anilines is 2. The molecule has 0 saturated heterocycles. The van der Waals surface area contributed by atoms with Crippen molar-refractivity contribution in [1.29, 1.82) is 0 Å². The number of nitrogens with zero attached hydrogens (tertiary/aromatic N) is 1. The Morgan fingerprint density at radius 2 is 1.48 bits per heavy atom. The van der Waals surface area contributed by atoms with E-state index in [4.69, 9.17) is 0 Å². The van der Waals surface area contributed by atoms with Crippen LogP contribution < -0.4 is 4.90 Å². The van der Waals surface area contributed by atoms with E-state index < -0.39 is 0 Å². The standard InChI is InChI=1S/C30H35N/c1-20-9-7-12-27(15-20)31(28-13-8-10-21(2)16-28)30-23(4)26(19-25-17-22(25)3)18-24-11-5-6-14-29(24)30/h5-10,12-13,15-16,18,22,24-25,29H,11,14,17,19H2,1-4H3. The van der Waals surface area contributed by atoms with Crippen molar-refractivity contribution in [3.63, 3.8) is 0 Å². The van der Waals surface area contributed by atoms with Crippen molar-refractivity contribution in [2.75, 3.05) is 4.90 Å². The molecule has 3 aliphatic carbocycles. The number of benzene rings is 2. The molecule has 0 bridgehead atoms. The van der Waals surface area contributed by atoms with Crippen LogP contribution in [0.4, 0.5) is 11.4 Å². The molecule has 0 aromatic heterocycles. The van der Waals surface area contributed by atoms with Crippen LogP contribution in [0.5, 0.6) is 0 Å². The Kier molecular flexibility index (Phi) is 5.38. The van der Waals surface area contributed by atoms with Crippen LogP contribution in [0.3, 0.4) is 0 Å². The van der Waals surface area contributed by atoms with E-state index in [1.807, 2.05) is 0 Å². The van der Waals surface area contributed by atoms with Crippen LogP contribution in [0.1, 0.15) is 50.7 Å². The van der Waals surface area contributed by atoms with E-state index in [0.29, 0.717) is 11.8 Å². The van der Waals surface area contributed by atoms with Gasteiger partial charge in [-0.3, -0.25) is 0 Å². The maximum absolute atomic E-state index is 2.64. The molecule has 31 heavy (non-hydrogen) atoms. The van der Waals surface area contributed by atoms with Crippen LogP contribution in [0.25, 0.3) is 0 Å². The third kappa shape index (κ3) is 4.03. The summed E-state index contributed by atoms with van der Waals surface area (Å²) in [6, 6.07) is 18.1. The van der Waals surface area contributed by atoms with Crippen LogP contribution in [-0.4, -0.2) is 0 Å². The molecule has 0 spiro atoms. The molecule has 1 fully saturated rings. The summed E-state index contributed by atoms with van der Waals surface area (Å²) in [5.74, 6) is 2.94. The lowest BCUT2D eigenvalue weighted by Crippen LogP contribution is -2.32. The van der Waals surface area contributed by atoms with Crippen molar-refractivity contribution >= 4 is 11.4 Å². The maximum atomic E-state index is 2.64. The number of allylic oxidation sites excluding steroid dienone is 6. The Balaban J connectivity index is 1.67. The lowest BCUT2D eigenvalue weighted by atomic mass is 9.72. The van der Waals surface area contributed by atoms with Gasteiger partial charge in [0, 0.05) is 23.0 Å². The summed E-state index contributed by atoms with van der Waals surface area (Å²) >= 11 is 0. The fourth-order valence-electron chi connectivity index (χ4n) is 5.64. The fourth-order valence-corrected chi connectivity index (χ4v) is 5.64. The van der Waals surface area contributed by atoms with Crippen molar-refractivity contribution < 1.29 is 0 Å². The molecule has 4 atom stereocenters. The van der Waals surface area contributed by atoms with Gasteiger partial charge in [-0.15, -0.1) is 0 Å². The van der Waals surface area contributed by atoms with Crippen molar-refractivity contribution in [1.82, 2.24) is 0 Å². The van der Waals surface area contributed by atoms with Gasteiger partial charge in [0.15, 0.2) is 0 Å². The zero-order valence-corrected chi connectivity index (χ0v) is 19.4. The van der Waals surface area contributed by atoms with Gasteiger partial charge in [0.1, 0.15) is 0 Å². The molecule has 0 N–H and O–H groups in total. The number of rotatable bonds is 5. The first-order valence-corrected chi connectivity index (χ1v) is 12.0. The number of fused-ring (bicyclic) bond motifs is 1. The molecule has 4 unspecified atom stereocenters. The van der Waals surface area contributed by atoms with Gasteiger partial charge in [-0.1, -0.05) is 49.4 Å². The minimum absolute atomic E-state index is 0.548. The molecule has 0 aliphatic heterocycles. The quantitative estimate of drug-likeness (QED) is 0.449. The molecule has 1 nitrogen and oxygen atoms in total. The third-order valence-electron chi connectivity index (χ3n) is 7.63. The van der Waals surface area contributed by atoms with Gasteiger partial charge in [0.05, 0.1) is 0 Å². The van der Waals surface area contributed by atoms with Crippen LogP contribution >= 0.6 is 0 Å². The summed E-state index contributed by atoms with van der Waals surface area (Å²) in [6.07, 6.45) is 12.4. The summed E-state index contributed by atoms with van der Waals surface area (Å²) < 4.78 is 0. The Morgan fingerprint density at radius 1 is 0.871 bits per heavy atom. The smallest absolute Gasteiger partial charge is 0.0461 e. The van der Waals surface area contributed by atoms with Crippen molar-refractivity contribution in [3.8, 4) is 0 Å². The number of hydrogen-bond acceptors (Lipinski definition) is 1. The predicted molar refractivity (Wildman–Crippen MR) is 133 cm³/mol. The minimum Gasteiger partial charge on any atom is -0.314 e. The largest absolute Gasteiger partial charge is 0.314 e. The first-order chi connectivity index (χ1) is 15.0. The number of hydrogen-bond donors (Lipinski definition) is 0. The molecule has 0 amide bonds. The molecule has 1 heteroatoms. The average molecular weight is 410 g/mol. The van der Waals surface area contributed by atoms with Gasteiger partial charge in [0.25, 0.3) is 0 Å². The summed E-state index contributed by atoms with van der Waals surface area (Å²) in [7, 11) is 0. The van der Waals surface area contributed by atoms with Crippen molar-refractivity contribution in [3.05, 3.63) is 94.7 Å². The van der Waals surface area contributed by atoms with E-state index in [9.17, 15) is 0 Å². The van der Waals surface area contributed by atoms with Gasteiger partial charge >= 0.3 is 0 Å². The molecule has 160 valence electrons. The molecule has 5 rings (SSSR count). The van der Waals surface area contributed by atoms with Gasteiger partial charge < -0.3 is 4.90 Å². The van der Waals surface area contributed by atoms with Crippen LogP contribution in [0.2, 0.25) is 0 Å². The Bertz CT molecular complexity index is 1020. The van der Waals surface area contributed by atoms with E-state index in [1.165, 1.54) is 53.0 Å². The van der Waals surface area contributed by atoms with E-state index >= 15 is 0 Å². The van der Waals surface area contributed by atoms with E-state index in [1.54, 1.807) is 5.57 Å².